The highest BCUT2D eigenvalue weighted by Gasteiger charge is 2.86. The molecule has 33 heavy (non-hydrogen) atoms. The molecule has 184 valence electrons. The van der Waals surface area contributed by atoms with Crippen LogP contribution in [0.1, 0.15) is 60.8 Å². The largest absolute Gasteiger partial charge is 0.462 e. The van der Waals surface area contributed by atoms with Crippen molar-refractivity contribution in [3.63, 3.8) is 0 Å². The third-order valence-electron chi connectivity index (χ3n) is 8.49. The van der Waals surface area contributed by atoms with Crippen molar-refractivity contribution in [2.75, 3.05) is 0 Å². The van der Waals surface area contributed by atoms with Gasteiger partial charge in [0.1, 0.15) is 12.2 Å². The molecule has 2 aliphatic heterocycles. The fourth-order valence-corrected chi connectivity index (χ4v) is 6.62. The number of ether oxygens (including phenoxy) is 4. The smallest absolute Gasteiger partial charge is 0.342 e. The molecule has 1 saturated carbocycles. The lowest BCUT2D eigenvalue weighted by molar-refractivity contribution is -0.226. The molecule has 4 aliphatic rings. The van der Waals surface area contributed by atoms with Gasteiger partial charge in [-0.2, -0.15) is 0 Å². The van der Waals surface area contributed by atoms with Gasteiger partial charge in [0, 0.05) is 31.6 Å². The van der Waals surface area contributed by atoms with Crippen LogP contribution in [0.5, 0.6) is 0 Å². The fourth-order valence-electron chi connectivity index (χ4n) is 6.62. The number of hydrogen-bond donors (Lipinski definition) is 2. The highest BCUT2D eigenvalue weighted by atomic mass is 16.7. The van der Waals surface area contributed by atoms with E-state index in [0.29, 0.717) is 12.8 Å². The Labute approximate surface area is 193 Å². The van der Waals surface area contributed by atoms with Gasteiger partial charge in [0.2, 0.25) is 0 Å². The van der Waals surface area contributed by atoms with E-state index < -0.39 is 76.9 Å². The zero-order chi connectivity index (χ0) is 24.5. The lowest BCUT2D eigenvalue weighted by atomic mass is 9.53. The zero-order valence-corrected chi connectivity index (χ0v) is 20.0. The maximum atomic E-state index is 12.7. The van der Waals surface area contributed by atoms with Crippen molar-refractivity contribution in [1.29, 1.82) is 0 Å². The quantitative estimate of drug-likeness (QED) is 0.268. The van der Waals surface area contributed by atoms with E-state index in [9.17, 15) is 24.6 Å². The van der Waals surface area contributed by atoms with Gasteiger partial charge in [0.25, 0.3) is 0 Å². The molecule has 3 fully saturated rings. The van der Waals surface area contributed by atoms with E-state index in [2.05, 4.69) is 0 Å². The molecule has 0 radical (unpaired) electrons. The van der Waals surface area contributed by atoms with Gasteiger partial charge in [0.05, 0.1) is 12.2 Å². The number of allylic oxidation sites excluding steroid dienone is 1. The highest BCUT2D eigenvalue weighted by Crippen LogP contribution is 2.64. The number of epoxide rings is 1. The lowest BCUT2D eigenvalue weighted by Crippen LogP contribution is -2.65. The third kappa shape index (κ3) is 3.34. The summed E-state index contributed by atoms with van der Waals surface area (Å²) < 4.78 is 23.1. The van der Waals surface area contributed by atoms with Gasteiger partial charge >= 0.3 is 17.9 Å². The van der Waals surface area contributed by atoms with Crippen LogP contribution < -0.4 is 0 Å². The first-order chi connectivity index (χ1) is 15.3. The second-order valence-corrected chi connectivity index (χ2v) is 10.5. The van der Waals surface area contributed by atoms with Crippen LogP contribution in [0.15, 0.2) is 11.6 Å². The summed E-state index contributed by atoms with van der Waals surface area (Å²) in [4.78, 5) is 36.8. The van der Waals surface area contributed by atoms with Crippen LogP contribution >= 0.6 is 0 Å². The molecule has 9 heteroatoms. The number of rotatable bonds is 2. The van der Waals surface area contributed by atoms with E-state index in [4.69, 9.17) is 18.9 Å². The Morgan fingerprint density at radius 3 is 2.30 bits per heavy atom. The second-order valence-electron chi connectivity index (χ2n) is 10.5. The summed E-state index contributed by atoms with van der Waals surface area (Å²) in [6, 6.07) is 0. The number of carbonyl (C=O) groups is 3. The van der Waals surface area contributed by atoms with E-state index in [1.54, 1.807) is 13.0 Å². The molecule has 2 aliphatic carbocycles. The van der Waals surface area contributed by atoms with Crippen LogP contribution in [0.2, 0.25) is 0 Å². The molecule has 10 atom stereocenters. The van der Waals surface area contributed by atoms with Crippen molar-refractivity contribution in [3.05, 3.63) is 11.6 Å². The predicted molar refractivity (Wildman–Crippen MR) is 114 cm³/mol. The van der Waals surface area contributed by atoms with Gasteiger partial charge in [-0.3, -0.25) is 9.59 Å². The van der Waals surface area contributed by atoms with Crippen LogP contribution in [-0.2, 0) is 33.3 Å². The van der Waals surface area contributed by atoms with E-state index in [1.807, 2.05) is 20.8 Å². The SMILES string of the molecule is CC(=O)O[C@H]1C[C@H](O)[C@H](C)[C@@H]2[C@@H](O)[C@]34O[C@@]3(C)C(=O)O[C@H]4/C=C(/C)CC[C@@H](OC(C)=O)[C@]21C. The maximum Gasteiger partial charge on any atom is 0.342 e. The first-order valence-corrected chi connectivity index (χ1v) is 11.6. The van der Waals surface area contributed by atoms with E-state index >= 15 is 0 Å². The van der Waals surface area contributed by atoms with Gasteiger partial charge < -0.3 is 29.2 Å². The molecular formula is C24H34O9. The minimum Gasteiger partial charge on any atom is -0.462 e. The van der Waals surface area contributed by atoms with Gasteiger partial charge in [-0.05, 0) is 38.7 Å². The van der Waals surface area contributed by atoms with Crippen LogP contribution in [0.25, 0.3) is 0 Å². The second kappa shape index (κ2) is 7.78. The van der Waals surface area contributed by atoms with Crippen molar-refractivity contribution in [2.45, 2.75) is 103 Å². The summed E-state index contributed by atoms with van der Waals surface area (Å²) in [5.41, 5.74) is -2.85. The molecule has 9 nitrogen and oxygen atoms in total. The first kappa shape index (κ1) is 24.2. The number of aliphatic hydroxyl groups is 2. The van der Waals surface area contributed by atoms with Crippen LogP contribution in [0, 0.1) is 17.3 Å². The molecule has 2 heterocycles. The number of hydrogen-bond acceptors (Lipinski definition) is 9. The van der Waals surface area contributed by atoms with Crippen molar-refractivity contribution >= 4 is 17.9 Å². The Bertz CT molecular complexity index is 898. The topological polar surface area (TPSA) is 132 Å². The summed E-state index contributed by atoms with van der Waals surface area (Å²) in [7, 11) is 0. The summed E-state index contributed by atoms with van der Waals surface area (Å²) >= 11 is 0. The summed E-state index contributed by atoms with van der Waals surface area (Å²) in [5, 5.41) is 22.9. The van der Waals surface area contributed by atoms with Crippen molar-refractivity contribution in [1.82, 2.24) is 0 Å². The summed E-state index contributed by atoms with van der Waals surface area (Å²) in [6.07, 6.45) is -1.63. The highest BCUT2D eigenvalue weighted by molar-refractivity contribution is 5.88. The summed E-state index contributed by atoms with van der Waals surface area (Å²) in [6.45, 7) is 9.72. The Kier molecular flexibility index (Phi) is 5.70. The maximum absolute atomic E-state index is 12.7. The molecule has 0 aromatic heterocycles. The normalized spacial score (nSPS) is 50.5. The number of aliphatic hydroxyl groups excluding tert-OH is 2. The van der Waals surface area contributed by atoms with E-state index in [0.717, 1.165) is 5.57 Å². The number of esters is 3. The Morgan fingerprint density at radius 2 is 1.73 bits per heavy atom. The minimum absolute atomic E-state index is 0.136. The van der Waals surface area contributed by atoms with Crippen molar-refractivity contribution < 1.29 is 43.5 Å². The minimum atomic E-state index is -1.35. The van der Waals surface area contributed by atoms with Crippen molar-refractivity contribution in [3.8, 4) is 0 Å². The average Bonchev–Trinajstić information content (AvgIpc) is 3.30. The van der Waals surface area contributed by atoms with Crippen LogP contribution in [-0.4, -0.2) is 69.8 Å². The van der Waals surface area contributed by atoms with E-state index in [-0.39, 0.29) is 6.42 Å². The number of fused-ring (bicyclic) bond motifs is 1. The first-order valence-electron chi connectivity index (χ1n) is 11.6. The molecule has 4 rings (SSSR count). The molecule has 0 amide bonds. The van der Waals surface area contributed by atoms with Gasteiger partial charge in [0.15, 0.2) is 17.3 Å². The number of carbonyl (C=O) groups excluding carboxylic acids is 3. The molecular weight excluding hydrogens is 432 g/mol. The summed E-state index contributed by atoms with van der Waals surface area (Å²) in [5.74, 6) is -2.78. The molecule has 0 aromatic rings. The van der Waals surface area contributed by atoms with Crippen molar-refractivity contribution in [2.24, 2.45) is 17.3 Å². The molecule has 2 N–H and O–H groups in total. The predicted octanol–water partition coefficient (Wildman–Crippen LogP) is 1.43. The lowest BCUT2D eigenvalue weighted by Gasteiger charge is -2.56. The van der Waals surface area contributed by atoms with Gasteiger partial charge in [-0.25, -0.2) is 4.79 Å². The average molecular weight is 467 g/mol. The Morgan fingerprint density at radius 1 is 1.12 bits per heavy atom. The molecule has 0 unspecified atom stereocenters. The molecule has 2 saturated heterocycles. The van der Waals surface area contributed by atoms with Crippen LogP contribution in [0.4, 0.5) is 0 Å². The van der Waals surface area contributed by atoms with E-state index in [1.165, 1.54) is 13.8 Å². The fraction of sp³-hybridized carbons (Fsp3) is 0.792. The van der Waals surface area contributed by atoms with Gasteiger partial charge in [-0.1, -0.05) is 19.4 Å². The Hall–Kier alpha value is -1.97. The zero-order valence-electron chi connectivity index (χ0n) is 20.0. The third-order valence-corrected chi connectivity index (χ3v) is 8.49. The van der Waals surface area contributed by atoms with Crippen LogP contribution in [0.3, 0.4) is 0 Å². The standard InChI is InChI=1S/C24H34O9/c1-11-7-8-16(30-13(3)25)22(5)17(31-14(4)26)10-15(27)12(2)19(22)20(28)24-18(9-11)32-21(29)23(24,6)33-24/h9,12,15-20,27-28H,7-8,10H2,1-6H3/b11-9-/t12-,15-,16+,17-,18-,19+,20+,22-,23-,24-/m0/s1. The molecule has 1 spiro atoms. The monoisotopic (exact) mass is 466 g/mol. The molecule has 0 bridgehead atoms. The van der Waals surface area contributed by atoms with Gasteiger partial charge in [-0.15, -0.1) is 0 Å². The molecule has 0 aromatic carbocycles. The Balaban J connectivity index is 1.91.